The van der Waals surface area contributed by atoms with Gasteiger partial charge in [0.05, 0.1) is 17.1 Å². The van der Waals surface area contributed by atoms with Crippen LogP contribution in [0.15, 0.2) is 41.3 Å². The second-order valence-electron chi connectivity index (χ2n) is 9.02. The summed E-state index contributed by atoms with van der Waals surface area (Å²) in [5, 5.41) is 0. The number of hydrogen-bond acceptors (Lipinski definition) is 5. The van der Waals surface area contributed by atoms with Crippen LogP contribution < -0.4 is 4.74 Å². The molecule has 4 rings (SSSR count). The van der Waals surface area contributed by atoms with Crippen LogP contribution in [-0.4, -0.2) is 57.4 Å². The lowest BCUT2D eigenvalue weighted by atomic mass is 9.91. The highest BCUT2D eigenvalue weighted by Crippen LogP contribution is 2.37. The molecule has 0 radical (unpaired) electrons. The Morgan fingerprint density at radius 3 is 2.44 bits per heavy atom. The Labute approximate surface area is 204 Å². The van der Waals surface area contributed by atoms with Crippen LogP contribution in [0.1, 0.15) is 45.8 Å². The molecule has 6 nitrogen and oxygen atoms in total. The second kappa shape index (κ2) is 9.62. The molecule has 12 heteroatoms. The Balaban J connectivity index is 1.59. The van der Waals surface area contributed by atoms with Crippen molar-refractivity contribution in [3.05, 3.63) is 58.7 Å². The highest BCUT2D eigenvalue weighted by Gasteiger charge is 2.58. The molecule has 0 aliphatic carbocycles. The zero-order valence-corrected chi connectivity index (χ0v) is 20.1. The van der Waals surface area contributed by atoms with Gasteiger partial charge in [-0.1, -0.05) is 18.2 Å². The molecule has 1 fully saturated rings. The maximum atomic E-state index is 13.4. The quantitative estimate of drug-likeness (QED) is 0.503. The molecule has 1 amide bonds. The van der Waals surface area contributed by atoms with E-state index >= 15 is 0 Å². The van der Waals surface area contributed by atoms with E-state index in [2.05, 4.69) is 0 Å². The minimum atomic E-state index is -5.85. The molecule has 0 bridgehead atoms. The fourth-order valence-electron chi connectivity index (χ4n) is 4.27. The van der Waals surface area contributed by atoms with Gasteiger partial charge in [0, 0.05) is 31.9 Å². The molecule has 196 valence electrons. The van der Waals surface area contributed by atoms with Gasteiger partial charge in [0.1, 0.15) is 5.75 Å². The topological polar surface area (TPSA) is 72.9 Å². The van der Waals surface area contributed by atoms with Crippen LogP contribution in [0.25, 0.3) is 0 Å². The SMILES string of the molecule is CS(=O)(=O)c1ccc(OCC(F)(F)C(F)(F)F)c(C(=O)N2Cc3ccc(C4CCCOC4)cc3C2)c1. The van der Waals surface area contributed by atoms with Crippen molar-refractivity contribution < 1.29 is 44.6 Å². The molecule has 0 saturated carbocycles. The number of fused-ring (bicyclic) bond motifs is 1. The molecule has 2 aliphatic rings. The average Bonchev–Trinajstić information content (AvgIpc) is 3.25. The van der Waals surface area contributed by atoms with Gasteiger partial charge in [0.25, 0.3) is 5.91 Å². The number of rotatable bonds is 6. The van der Waals surface area contributed by atoms with Gasteiger partial charge in [0.2, 0.25) is 0 Å². The number of hydrogen-bond donors (Lipinski definition) is 0. The van der Waals surface area contributed by atoms with Crippen molar-refractivity contribution in [3.63, 3.8) is 0 Å². The average molecular weight is 534 g/mol. The fourth-order valence-corrected chi connectivity index (χ4v) is 4.92. The van der Waals surface area contributed by atoms with Crippen LogP contribution in [-0.2, 0) is 27.7 Å². The van der Waals surface area contributed by atoms with E-state index < -0.39 is 45.8 Å². The normalized spacial score (nSPS) is 18.7. The van der Waals surface area contributed by atoms with E-state index in [9.17, 15) is 35.2 Å². The molecule has 0 aromatic heterocycles. The van der Waals surface area contributed by atoms with Crippen molar-refractivity contribution in [1.82, 2.24) is 4.90 Å². The summed E-state index contributed by atoms with van der Waals surface area (Å²) in [5.74, 6) is -6.24. The number of amides is 1. The lowest BCUT2D eigenvalue weighted by Gasteiger charge is -2.23. The van der Waals surface area contributed by atoms with E-state index in [-0.39, 0.29) is 23.9 Å². The second-order valence-corrected chi connectivity index (χ2v) is 11.0. The minimum absolute atomic E-state index is 0.164. The zero-order valence-electron chi connectivity index (χ0n) is 19.3. The number of benzene rings is 2. The van der Waals surface area contributed by atoms with Gasteiger partial charge in [-0.2, -0.15) is 22.0 Å². The van der Waals surface area contributed by atoms with E-state index in [0.717, 1.165) is 60.6 Å². The van der Waals surface area contributed by atoms with Crippen LogP contribution in [0.5, 0.6) is 5.75 Å². The largest absolute Gasteiger partial charge is 0.486 e. The Hall–Kier alpha value is -2.73. The maximum Gasteiger partial charge on any atom is 0.456 e. The predicted molar refractivity (Wildman–Crippen MR) is 119 cm³/mol. The summed E-state index contributed by atoms with van der Waals surface area (Å²) in [5.41, 5.74) is 2.38. The fraction of sp³-hybridized carbons (Fsp3) is 0.458. The van der Waals surface area contributed by atoms with Gasteiger partial charge in [-0.3, -0.25) is 4.79 Å². The summed E-state index contributed by atoms with van der Waals surface area (Å²) in [6.45, 7) is -0.408. The number of nitrogens with zero attached hydrogens (tertiary/aromatic N) is 1. The van der Waals surface area contributed by atoms with Gasteiger partial charge < -0.3 is 14.4 Å². The van der Waals surface area contributed by atoms with Gasteiger partial charge >= 0.3 is 12.1 Å². The van der Waals surface area contributed by atoms with Crippen LogP contribution in [0.2, 0.25) is 0 Å². The van der Waals surface area contributed by atoms with Crippen molar-refractivity contribution in [2.75, 3.05) is 26.1 Å². The monoisotopic (exact) mass is 533 g/mol. The van der Waals surface area contributed by atoms with E-state index in [4.69, 9.17) is 9.47 Å². The third-order valence-corrected chi connectivity index (χ3v) is 7.42. The summed E-state index contributed by atoms with van der Waals surface area (Å²) in [6.07, 6.45) is -3.04. The van der Waals surface area contributed by atoms with Crippen molar-refractivity contribution in [2.24, 2.45) is 0 Å². The number of sulfone groups is 1. The molecule has 1 atom stereocenters. The van der Waals surface area contributed by atoms with Gasteiger partial charge in [-0.25, -0.2) is 8.42 Å². The maximum absolute atomic E-state index is 13.4. The molecule has 36 heavy (non-hydrogen) atoms. The Bertz CT molecular complexity index is 1260. The number of halogens is 5. The first-order chi connectivity index (χ1) is 16.8. The Morgan fingerprint density at radius 2 is 1.81 bits per heavy atom. The molecule has 0 spiro atoms. The smallest absolute Gasteiger partial charge is 0.456 e. The standard InChI is InChI=1S/C24H24F5NO5S/c1-36(32,33)19-6-7-21(35-14-23(25,26)24(27,28)29)20(10-19)22(31)30-11-16-5-4-15(9-18(16)12-30)17-3-2-8-34-13-17/h4-7,9-10,17H,2-3,8,11-14H2,1H3. The summed E-state index contributed by atoms with van der Waals surface area (Å²) in [6, 6.07) is 8.68. The first-order valence-electron chi connectivity index (χ1n) is 11.2. The molecule has 2 aromatic rings. The molecule has 1 unspecified atom stereocenters. The van der Waals surface area contributed by atoms with E-state index in [1.807, 2.05) is 18.2 Å². The predicted octanol–water partition coefficient (Wildman–Crippen LogP) is 4.72. The van der Waals surface area contributed by atoms with Gasteiger partial charge in [-0.15, -0.1) is 0 Å². The highest BCUT2D eigenvalue weighted by atomic mass is 32.2. The van der Waals surface area contributed by atoms with Crippen molar-refractivity contribution in [3.8, 4) is 5.75 Å². The zero-order chi connectivity index (χ0) is 26.3. The van der Waals surface area contributed by atoms with E-state index in [1.165, 1.54) is 4.90 Å². The third kappa shape index (κ3) is 5.49. The van der Waals surface area contributed by atoms with Crippen molar-refractivity contribution in [2.45, 2.75) is 48.8 Å². The van der Waals surface area contributed by atoms with Gasteiger partial charge in [0.15, 0.2) is 16.4 Å². The lowest BCUT2D eigenvalue weighted by Crippen LogP contribution is -2.42. The lowest BCUT2D eigenvalue weighted by molar-refractivity contribution is -0.290. The third-order valence-electron chi connectivity index (χ3n) is 6.30. The Kier molecular flexibility index (Phi) is 7.04. The summed E-state index contributed by atoms with van der Waals surface area (Å²) in [4.78, 5) is 14.4. The number of carbonyl (C=O) groups is 1. The summed E-state index contributed by atoms with van der Waals surface area (Å²) < 4.78 is 98.9. The summed E-state index contributed by atoms with van der Waals surface area (Å²) >= 11 is 0. The molecule has 0 N–H and O–H groups in total. The van der Waals surface area contributed by atoms with E-state index in [1.54, 1.807) is 0 Å². The minimum Gasteiger partial charge on any atom is -0.486 e. The number of ether oxygens (including phenoxy) is 2. The van der Waals surface area contributed by atoms with Crippen molar-refractivity contribution in [1.29, 1.82) is 0 Å². The number of carbonyl (C=O) groups excluding carboxylic acids is 1. The molecule has 2 aliphatic heterocycles. The van der Waals surface area contributed by atoms with Gasteiger partial charge in [-0.05, 0) is 47.7 Å². The first kappa shape index (κ1) is 26.3. The Morgan fingerprint density at radius 1 is 1.08 bits per heavy atom. The van der Waals surface area contributed by atoms with Crippen molar-refractivity contribution >= 4 is 15.7 Å². The van der Waals surface area contributed by atoms with E-state index in [0.29, 0.717) is 6.61 Å². The van der Waals surface area contributed by atoms with Crippen LogP contribution >= 0.6 is 0 Å². The molecule has 2 aromatic carbocycles. The van der Waals surface area contributed by atoms with Crippen LogP contribution in [0.3, 0.4) is 0 Å². The number of alkyl halides is 5. The first-order valence-corrected chi connectivity index (χ1v) is 13.1. The summed E-state index contributed by atoms with van der Waals surface area (Å²) in [7, 11) is -3.80. The highest BCUT2D eigenvalue weighted by molar-refractivity contribution is 7.90. The van der Waals surface area contributed by atoms with Crippen LogP contribution in [0, 0.1) is 0 Å². The molecular formula is C24H24F5NO5S. The molecule has 1 saturated heterocycles. The molecular weight excluding hydrogens is 509 g/mol. The molecule has 2 heterocycles. The van der Waals surface area contributed by atoms with Crippen LogP contribution in [0.4, 0.5) is 22.0 Å².